The van der Waals surface area contributed by atoms with E-state index in [0.29, 0.717) is 42.8 Å². The third kappa shape index (κ3) is 6.60. The Kier molecular flexibility index (Phi) is 8.63. The molecule has 0 aliphatic heterocycles. The monoisotopic (exact) mass is 566 g/mol. The summed E-state index contributed by atoms with van der Waals surface area (Å²) < 4.78 is 48.2. The third-order valence-corrected chi connectivity index (χ3v) is 7.18. The number of carbonyl (C=O) groups excluding carboxylic acids is 2. The minimum absolute atomic E-state index is 0.0174. The molecule has 9 nitrogen and oxygen atoms in total. The van der Waals surface area contributed by atoms with E-state index in [2.05, 4.69) is 25.7 Å². The van der Waals surface area contributed by atoms with Gasteiger partial charge < -0.3 is 15.4 Å². The number of anilines is 2. The second-order valence-electron chi connectivity index (χ2n) is 9.96. The van der Waals surface area contributed by atoms with Crippen LogP contribution < -0.4 is 10.6 Å². The van der Waals surface area contributed by atoms with Gasteiger partial charge in [-0.15, -0.1) is 5.10 Å². The van der Waals surface area contributed by atoms with Crippen molar-refractivity contribution in [2.45, 2.75) is 57.5 Å². The number of halogens is 4. The molecule has 210 valence electrons. The number of rotatable bonds is 8. The van der Waals surface area contributed by atoms with Crippen molar-refractivity contribution in [1.82, 2.24) is 24.9 Å². The summed E-state index contributed by atoms with van der Waals surface area (Å²) in [6, 6.07) is 5.88. The van der Waals surface area contributed by atoms with E-state index in [1.165, 1.54) is 23.8 Å². The zero-order valence-corrected chi connectivity index (χ0v) is 22.5. The quantitative estimate of drug-likeness (QED) is 0.352. The SMILES string of the molecule is COC(=O)C1CCC(C(=O)NC[C@H](c2ccc(Nc3cnc4nc(Cl)nn4c3C(C)C)cc2)C(F)(F)F)CC1. The van der Waals surface area contributed by atoms with Crippen molar-refractivity contribution in [2.75, 3.05) is 19.0 Å². The topological polar surface area (TPSA) is 111 Å². The maximum atomic E-state index is 14.0. The van der Waals surface area contributed by atoms with Gasteiger partial charge in [-0.25, -0.2) is 4.98 Å². The van der Waals surface area contributed by atoms with Gasteiger partial charge in [-0.3, -0.25) is 9.59 Å². The second kappa shape index (κ2) is 11.8. The lowest BCUT2D eigenvalue weighted by molar-refractivity contribution is -0.152. The Morgan fingerprint density at radius 2 is 1.77 bits per heavy atom. The molecule has 1 aliphatic rings. The molecule has 1 fully saturated rings. The zero-order valence-electron chi connectivity index (χ0n) is 21.8. The van der Waals surface area contributed by atoms with E-state index in [0.717, 1.165) is 5.69 Å². The summed E-state index contributed by atoms with van der Waals surface area (Å²) in [5.74, 6) is -2.94. The van der Waals surface area contributed by atoms with Crippen LogP contribution in [0.1, 0.15) is 62.6 Å². The zero-order chi connectivity index (χ0) is 28.3. The van der Waals surface area contributed by atoms with Crippen molar-refractivity contribution in [3.05, 3.63) is 47.0 Å². The van der Waals surface area contributed by atoms with Crippen molar-refractivity contribution in [3.63, 3.8) is 0 Å². The maximum Gasteiger partial charge on any atom is 0.397 e. The number of ether oxygens (including phenoxy) is 1. The first kappa shape index (κ1) is 28.6. The van der Waals surface area contributed by atoms with Crippen molar-refractivity contribution in [1.29, 1.82) is 0 Å². The van der Waals surface area contributed by atoms with Gasteiger partial charge in [0.25, 0.3) is 5.78 Å². The van der Waals surface area contributed by atoms with E-state index in [4.69, 9.17) is 16.3 Å². The van der Waals surface area contributed by atoms with Crippen LogP contribution in [0.2, 0.25) is 5.28 Å². The summed E-state index contributed by atoms with van der Waals surface area (Å²) in [6.07, 6.45) is -1.15. The van der Waals surface area contributed by atoms with Crippen LogP contribution in [-0.2, 0) is 14.3 Å². The molecule has 1 saturated carbocycles. The van der Waals surface area contributed by atoms with Gasteiger partial charge in [0.2, 0.25) is 11.2 Å². The molecule has 0 bridgehead atoms. The van der Waals surface area contributed by atoms with Crippen molar-refractivity contribution < 1.29 is 27.5 Å². The Morgan fingerprint density at radius 3 is 2.36 bits per heavy atom. The van der Waals surface area contributed by atoms with Gasteiger partial charge in [-0.1, -0.05) is 26.0 Å². The minimum Gasteiger partial charge on any atom is -0.469 e. The summed E-state index contributed by atoms with van der Waals surface area (Å²) in [7, 11) is 1.31. The van der Waals surface area contributed by atoms with Crippen LogP contribution in [0, 0.1) is 11.8 Å². The smallest absolute Gasteiger partial charge is 0.397 e. The van der Waals surface area contributed by atoms with E-state index in [-0.39, 0.29) is 28.7 Å². The standard InChI is InChI=1S/C26H30ClF3N6O3/c1-14(2)21-20(13-32-25-34-24(27)35-36(21)25)33-18-10-8-15(9-11-18)19(26(28,29)30)12-31-22(37)16-4-6-17(7-5-16)23(38)39-3/h8-11,13-14,16-17,19,33H,4-7,12H2,1-3H3,(H,31,37)/t16?,17?,19-/m1/s1. The lowest BCUT2D eigenvalue weighted by atomic mass is 9.81. The van der Waals surface area contributed by atoms with Crippen LogP contribution in [0.15, 0.2) is 30.5 Å². The Labute approximate surface area is 228 Å². The Morgan fingerprint density at radius 1 is 1.13 bits per heavy atom. The summed E-state index contributed by atoms with van der Waals surface area (Å²) in [5, 5.41) is 9.91. The highest BCUT2D eigenvalue weighted by Crippen LogP contribution is 2.36. The van der Waals surface area contributed by atoms with Crippen LogP contribution in [-0.4, -0.2) is 51.3 Å². The Hall–Kier alpha value is -3.41. The molecule has 2 N–H and O–H groups in total. The van der Waals surface area contributed by atoms with Gasteiger partial charge in [-0.2, -0.15) is 22.7 Å². The van der Waals surface area contributed by atoms with E-state index in [1.54, 1.807) is 18.3 Å². The van der Waals surface area contributed by atoms with Crippen molar-refractivity contribution in [2.24, 2.45) is 11.8 Å². The number of carbonyl (C=O) groups is 2. The number of nitrogens with zero attached hydrogens (tertiary/aromatic N) is 4. The van der Waals surface area contributed by atoms with E-state index in [9.17, 15) is 22.8 Å². The number of esters is 1. The lowest BCUT2D eigenvalue weighted by Crippen LogP contribution is -2.39. The van der Waals surface area contributed by atoms with Crippen LogP contribution in [0.25, 0.3) is 5.78 Å². The first-order chi connectivity index (χ1) is 18.5. The lowest BCUT2D eigenvalue weighted by Gasteiger charge is -2.27. The van der Waals surface area contributed by atoms with E-state index < -0.39 is 30.5 Å². The van der Waals surface area contributed by atoms with E-state index in [1.807, 2.05) is 13.8 Å². The van der Waals surface area contributed by atoms with Gasteiger partial charge in [-0.05, 0) is 60.9 Å². The Balaban J connectivity index is 1.43. The molecule has 0 radical (unpaired) electrons. The Bertz CT molecular complexity index is 1320. The molecule has 1 atom stereocenters. The molecule has 13 heteroatoms. The average Bonchev–Trinajstić information content (AvgIpc) is 3.28. The molecule has 2 heterocycles. The molecule has 0 saturated heterocycles. The number of nitrogens with one attached hydrogen (secondary N) is 2. The number of benzene rings is 1. The number of amides is 1. The van der Waals surface area contributed by atoms with Gasteiger partial charge in [0.15, 0.2) is 0 Å². The van der Waals surface area contributed by atoms with Crippen LogP contribution in [0.3, 0.4) is 0 Å². The summed E-state index contributed by atoms with van der Waals surface area (Å²) in [4.78, 5) is 32.6. The predicted octanol–water partition coefficient (Wildman–Crippen LogP) is 5.39. The van der Waals surface area contributed by atoms with Crippen LogP contribution in [0.4, 0.5) is 24.5 Å². The highest BCUT2D eigenvalue weighted by molar-refractivity contribution is 6.28. The highest BCUT2D eigenvalue weighted by atomic mass is 35.5. The van der Waals surface area contributed by atoms with Gasteiger partial charge in [0.1, 0.15) is 0 Å². The molecule has 1 amide bonds. The number of hydrogen-bond acceptors (Lipinski definition) is 7. The molecular formula is C26H30ClF3N6O3. The third-order valence-electron chi connectivity index (χ3n) is 7.02. The molecule has 2 aromatic heterocycles. The van der Waals surface area contributed by atoms with Crippen LogP contribution in [0.5, 0.6) is 0 Å². The molecular weight excluding hydrogens is 537 g/mol. The molecule has 3 aromatic rings. The fraction of sp³-hybridized carbons (Fsp3) is 0.500. The molecule has 0 spiro atoms. The second-order valence-corrected chi connectivity index (χ2v) is 10.3. The normalized spacial score (nSPS) is 18.7. The average molecular weight is 567 g/mol. The fourth-order valence-corrected chi connectivity index (χ4v) is 5.11. The molecule has 0 unspecified atom stereocenters. The van der Waals surface area contributed by atoms with Crippen LogP contribution >= 0.6 is 11.6 Å². The molecule has 4 rings (SSSR count). The summed E-state index contributed by atoms with van der Waals surface area (Å²) >= 11 is 5.93. The van der Waals surface area contributed by atoms with E-state index >= 15 is 0 Å². The largest absolute Gasteiger partial charge is 0.469 e. The van der Waals surface area contributed by atoms with Gasteiger partial charge in [0.05, 0.1) is 36.5 Å². The molecule has 1 aliphatic carbocycles. The summed E-state index contributed by atoms with van der Waals surface area (Å²) in [6.45, 7) is 3.36. The minimum atomic E-state index is -4.56. The fourth-order valence-electron chi connectivity index (χ4n) is 4.96. The maximum absolute atomic E-state index is 14.0. The highest BCUT2D eigenvalue weighted by Gasteiger charge is 2.41. The number of hydrogen-bond donors (Lipinski definition) is 2. The number of fused-ring (bicyclic) bond motifs is 1. The van der Waals surface area contributed by atoms with Gasteiger partial charge >= 0.3 is 12.1 Å². The number of alkyl halides is 3. The molecule has 1 aromatic carbocycles. The number of methoxy groups -OCH3 is 1. The first-order valence-corrected chi connectivity index (χ1v) is 13.1. The molecule has 39 heavy (non-hydrogen) atoms. The predicted molar refractivity (Wildman–Crippen MR) is 139 cm³/mol. The summed E-state index contributed by atoms with van der Waals surface area (Å²) in [5.41, 5.74) is 1.97. The van der Waals surface area contributed by atoms with Gasteiger partial charge in [0, 0.05) is 18.2 Å². The first-order valence-electron chi connectivity index (χ1n) is 12.7. The number of aromatic nitrogens is 4. The van der Waals surface area contributed by atoms with Crippen molar-refractivity contribution in [3.8, 4) is 0 Å². The van der Waals surface area contributed by atoms with Crippen molar-refractivity contribution >= 4 is 40.6 Å².